The van der Waals surface area contributed by atoms with Gasteiger partial charge in [-0.15, -0.1) is 11.3 Å². The number of carboxylic acids is 1. The summed E-state index contributed by atoms with van der Waals surface area (Å²) in [6.07, 6.45) is -0.411. The predicted octanol–water partition coefficient (Wildman–Crippen LogP) is 2.73. The number of thiazole rings is 1. The van der Waals surface area contributed by atoms with E-state index in [2.05, 4.69) is 10.3 Å². The molecule has 1 aromatic carbocycles. The standard InChI is InChI=1S/C17H14N2O6S/c1-24-10-3-2-9-6-11(16(23)25-13(9)7-10)12-8-26-17(18-12)19-14(20)4-5-15(21)22/h2-3,6-8H,4-5H2,1H3,(H,21,22)(H,18,19,20). The highest BCUT2D eigenvalue weighted by Gasteiger charge is 2.14. The summed E-state index contributed by atoms with van der Waals surface area (Å²) in [7, 11) is 1.52. The third kappa shape index (κ3) is 3.89. The van der Waals surface area contributed by atoms with Gasteiger partial charge in [0.2, 0.25) is 5.91 Å². The number of rotatable bonds is 6. The first-order valence-electron chi connectivity index (χ1n) is 7.55. The quantitative estimate of drug-likeness (QED) is 0.637. The second-order valence-electron chi connectivity index (χ2n) is 5.33. The molecule has 2 N–H and O–H groups in total. The van der Waals surface area contributed by atoms with Crippen LogP contribution in [-0.2, 0) is 9.59 Å². The average molecular weight is 374 g/mol. The number of nitrogens with one attached hydrogen (secondary N) is 1. The van der Waals surface area contributed by atoms with E-state index in [1.807, 2.05) is 0 Å². The third-order valence-corrected chi connectivity index (χ3v) is 4.29. The molecule has 3 rings (SSSR count). The van der Waals surface area contributed by atoms with Crippen LogP contribution < -0.4 is 15.7 Å². The molecule has 0 aliphatic carbocycles. The van der Waals surface area contributed by atoms with Crippen molar-refractivity contribution in [3.63, 3.8) is 0 Å². The number of hydrogen-bond acceptors (Lipinski definition) is 7. The zero-order valence-corrected chi connectivity index (χ0v) is 14.5. The Morgan fingerprint density at radius 3 is 2.85 bits per heavy atom. The summed E-state index contributed by atoms with van der Waals surface area (Å²) in [5.41, 5.74) is 0.482. The molecule has 0 saturated heterocycles. The molecule has 0 aliphatic rings. The van der Waals surface area contributed by atoms with E-state index in [0.29, 0.717) is 22.4 Å². The molecular weight excluding hydrogens is 360 g/mol. The lowest BCUT2D eigenvalue weighted by Crippen LogP contribution is -2.13. The summed E-state index contributed by atoms with van der Waals surface area (Å²) >= 11 is 1.14. The van der Waals surface area contributed by atoms with Crippen LogP contribution in [0.2, 0.25) is 0 Å². The first kappa shape index (κ1) is 17.6. The Morgan fingerprint density at radius 2 is 2.12 bits per heavy atom. The summed E-state index contributed by atoms with van der Waals surface area (Å²) in [4.78, 5) is 38.6. The van der Waals surface area contributed by atoms with Gasteiger partial charge in [0.1, 0.15) is 11.3 Å². The monoisotopic (exact) mass is 374 g/mol. The van der Waals surface area contributed by atoms with E-state index < -0.39 is 17.5 Å². The number of anilines is 1. The van der Waals surface area contributed by atoms with Crippen molar-refractivity contribution >= 4 is 39.3 Å². The van der Waals surface area contributed by atoms with E-state index in [0.717, 1.165) is 11.3 Å². The Hall–Kier alpha value is -3.20. The number of fused-ring (bicyclic) bond motifs is 1. The van der Waals surface area contributed by atoms with Crippen molar-refractivity contribution < 1.29 is 23.8 Å². The van der Waals surface area contributed by atoms with E-state index in [-0.39, 0.29) is 23.5 Å². The Morgan fingerprint density at radius 1 is 1.31 bits per heavy atom. The Bertz CT molecular complexity index is 1040. The fourth-order valence-electron chi connectivity index (χ4n) is 2.25. The van der Waals surface area contributed by atoms with Crippen molar-refractivity contribution in [1.82, 2.24) is 4.98 Å². The molecule has 0 atom stereocenters. The van der Waals surface area contributed by atoms with Crippen LogP contribution in [0, 0.1) is 0 Å². The van der Waals surface area contributed by atoms with Gasteiger partial charge in [0.15, 0.2) is 5.13 Å². The topological polar surface area (TPSA) is 119 Å². The highest BCUT2D eigenvalue weighted by molar-refractivity contribution is 7.14. The van der Waals surface area contributed by atoms with Gasteiger partial charge in [0, 0.05) is 23.3 Å². The minimum atomic E-state index is -1.05. The summed E-state index contributed by atoms with van der Waals surface area (Å²) < 4.78 is 10.4. The van der Waals surface area contributed by atoms with Gasteiger partial charge >= 0.3 is 11.6 Å². The number of carboxylic acid groups (broad SMARTS) is 1. The predicted molar refractivity (Wildman–Crippen MR) is 95.6 cm³/mol. The van der Waals surface area contributed by atoms with E-state index in [1.165, 1.54) is 7.11 Å². The number of carbonyl (C=O) groups excluding carboxylic acids is 1. The van der Waals surface area contributed by atoms with Crippen LogP contribution in [0.5, 0.6) is 5.75 Å². The summed E-state index contributed by atoms with van der Waals surface area (Å²) in [5.74, 6) is -0.926. The molecule has 0 fully saturated rings. The highest BCUT2D eigenvalue weighted by atomic mass is 32.1. The average Bonchev–Trinajstić information content (AvgIpc) is 3.07. The third-order valence-electron chi connectivity index (χ3n) is 3.54. The molecule has 2 heterocycles. The van der Waals surface area contributed by atoms with Crippen LogP contribution in [-0.4, -0.2) is 29.1 Å². The molecule has 26 heavy (non-hydrogen) atoms. The second-order valence-corrected chi connectivity index (χ2v) is 6.19. The minimum Gasteiger partial charge on any atom is -0.497 e. The Kier molecular flexibility index (Phi) is 4.99. The lowest BCUT2D eigenvalue weighted by atomic mass is 10.1. The molecule has 3 aromatic rings. The number of ether oxygens (including phenoxy) is 1. The zero-order valence-electron chi connectivity index (χ0n) is 13.6. The van der Waals surface area contributed by atoms with E-state index in [9.17, 15) is 14.4 Å². The van der Waals surface area contributed by atoms with Crippen molar-refractivity contribution in [3.05, 3.63) is 40.1 Å². The molecule has 0 unspecified atom stereocenters. The van der Waals surface area contributed by atoms with Gasteiger partial charge in [0.25, 0.3) is 0 Å². The molecular formula is C17H14N2O6S. The first-order valence-corrected chi connectivity index (χ1v) is 8.43. The molecule has 0 radical (unpaired) electrons. The van der Waals surface area contributed by atoms with Crippen molar-refractivity contribution in [3.8, 4) is 17.0 Å². The van der Waals surface area contributed by atoms with Crippen molar-refractivity contribution in [2.24, 2.45) is 0 Å². The van der Waals surface area contributed by atoms with Gasteiger partial charge in [-0.25, -0.2) is 9.78 Å². The Labute approximate surface area is 151 Å². The number of amides is 1. The SMILES string of the molecule is COc1ccc2cc(-c3csc(NC(=O)CCC(=O)O)n3)c(=O)oc2c1. The van der Waals surface area contributed by atoms with Gasteiger partial charge in [-0.05, 0) is 18.2 Å². The lowest BCUT2D eigenvalue weighted by Gasteiger charge is -2.03. The molecule has 0 aliphatic heterocycles. The van der Waals surface area contributed by atoms with Crippen molar-refractivity contribution in [1.29, 1.82) is 0 Å². The molecule has 0 bridgehead atoms. The number of benzene rings is 1. The van der Waals surface area contributed by atoms with E-state index in [1.54, 1.807) is 29.6 Å². The Balaban J connectivity index is 1.84. The number of nitrogens with zero attached hydrogens (tertiary/aromatic N) is 1. The van der Waals surface area contributed by atoms with Crippen LogP contribution in [0.25, 0.3) is 22.2 Å². The van der Waals surface area contributed by atoms with Crippen LogP contribution in [0.4, 0.5) is 5.13 Å². The number of carbonyl (C=O) groups is 2. The number of hydrogen-bond donors (Lipinski definition) is 2. The van der Waals surface area contributed by atoms with Gasteiger partial charge in [-0.3, -0.25) is 9.59 Å². The van der Waals surface area contributed by atoms with Crippen molar-refractivity contribution in [2.45, 2.75) is 12.8 Å². The van der Waals surface area contributed by atoms with Crippen LogP contribution in [0.15, 0.2) is 38.9 Å². The van der Waals surface area contributed by atoms with Crippen molar-refractivity contribution in [2.75, 3.05) is 12.4 Å². The smallest absolute Gasteiger partial charge is 0.345 e. The highest BCUT2D eigenvalue weighted by Crippen LogP contribution is 2.27. The van der Waals surface area contributed by atoms with E-state index in [4.69, 9.17) is 14.3 Å². The molecule has 8 nitrogen and oxygen atoms in total. The molecule has 2 aromatic heterocycles. The maximum absolute atomic E-state index is 12.2. The largest absolute Gasteiger partial charge is 0.497 e. The molecule has 0 spiro atoms. The molecule has 0 saturated carbocycles. The van der Waals surface area contributed by atoms with Gasteiger partial charge in [0.05, 0.1) is 24.8 Å². The maximum Gasteiger partial charge on any atom is 0.345 e. The molecule has 1 amide bonds. The van der Waals surface area contributed by atoms with Crippen LogP contribution in [0.1, 0.15) is 12.8 Å². The number of aromatic nitrogens is 1. The lowest BCUT2D eigenvalue weighted by molar-refractivity contribution is -0.138. The number of methoxy groups -OCH3 is 1. The second kappa shape index (κ2) is 7.36. The summed E-state index contributed by atoms with van der Waals surface area (Å²) in [6, 6.07) is 6.80. The van der Waals surface area contributed by atoms with Crippen LogP contribution >= 0.6 is 11.3 Å². The van der Waals surface area contributed by atoms with Crippen LogP contribution in [0.3, 0.4) is 0 Å². The van der Waals surface area contributed by atoms with Gasteiger partial charge in [-0.2, -0.15) is 0 Å². The fourth-order valence-corrected chi connectivity index (χ4v) is 2.98. The minimum absolute atomic E-state index is 0.149. The van der Waals surface area contributed by atoms with Gasteiger partial charge < -0.3 is 19.6 Å². The van der Waals surface area contributed by atoms with Gasteiger partial charge in [-0.1, -0.05) is 0 Å². The normalized spacial score (nSPS) is 10.7. The molecule has 134 valence electrons. The molecule has 9 heteroatoms. The maximum atomic E-state index is 12.2. The summed E-state index contributed by atoms with van der Waals surface area (Å²) in [6.45, 7) is 0. The van der Waals surface area contributed by atoms with E-state index >= 15 is 0 Å². The number of aliphatic carboxylic acids is 1. The summed E-state index contributed by atoms with van der Waals surface area (Å²) in [5, 5.41) is 13.7. The fraction of sp³-hybridized carbons (Fsp3) is 0.176. The first-order chi connectivity index (χ1) is 12.5. The zero-order chi connectivity index (χ0) is 18.7.